The number of likely N-dealkylation sites (tertiary alicyclic amines) is 1. The molecule has 2 aromatic rings. The largest absolute Gasteiger partial charge is 0.416 e. The Morgan fingerprint density at radius 1 is 0.763 bits per heavy atom. The molecular weight excluding hydrogens is 485 g/mol. The molecule has 0 aliphatic carbocycles. The molecular formula is C32H43F3N2O. The second kappa shape index (κ2) is 10.7. The number of piperidine rings is 1. The number of ketones is 1. The molecule has 0 atom stereocenters. The maximum Gasteiger partial charge on any atom is 0.416 e. The topological polar surface area (TPSA) is 23.6 Å². The van der Waals surface area contributed by atoms with Crippen molar-refractivity contribution in [3.05, 3.63) is 64.2 Å². The number of halogens is 3. The fourth-order valence-electron chi connectivity index (χ4n) is 5.66. The van der Waals surface area contributed by atoms with Gasteiger partial charge in [-0.1, -0.05) is 59.7 Å². The standard InChI is InChI=1S/C32H43F3N2O/c1-30(2,3)24-15-22(16-25(20-24)31(4,5)6)17-29(38)23-18-26(32(33,34)35)21-28(19-23)37-13-9-27(10-14-37)36-11-7-8-12-36/h15-16,18-21,27H,7-14,17H2,1-6H3. The van der Waals surface area contributed by atoms with Crippen LogP contribution in [0.5, 0.6) is 0 Å². The van der Waals surface area contributed by atoms with Crippen molar-refractivity contribution in [2.75, 3.05) is 31.1 Å². The summed E-state index contributed by atoms with van der Waals surface area (Å²) in [5.74, 6) is -0.282. The molecule has 2 heterocycles. The molecule has 0 saturated carbocycles. The highest BCUT2D eigenvalue weighted by Gasteiger charge is 2.33. The van der Waals surface area contributed by atoms with E-state index < -0.39 is 11.7 Å². The molecule has 0 unspecified atom stereocenters. The predicted octanol–water partition coefficient (Wildman–Crippen LogP) is 7.79. The Balaban J connectivity index is 1.61. The third-order valence-corrected chi connectivity index (χ3v) is 8.14. The van der Waals surface area contributed by atoms with Crippen molar-refractivity contribution in [1.29, 1.82) is 0 Å². The molecule has 3 nitrogen and oxygen atoms in total. The highest BCUT2D eigenvalue weighted by atomic mass is 19.4. The Hall–Kier alpha value is -2.34. The van der Waals surface area contributed by atoms with Gasteiger partial charge in [-0.3, -0.25) is 4.79 Å². The Kier molecular flexibility index (Phi) is 8.05. The molecule has 2 aromatic carbocycles. The van der Waals surface area contributed by atoms with Gasteiger partial charge in [0.15, 0.2) is 5.78 Å². The van der Waals surface area contributed by atoms with Crippen LogP contribution in [0.4, 0.5) is 18.9 Å². The quantitative estimate of drug-likeness (QED) is 0.370. The summed E-state index contributed by atoms with van der Waals surface area (Å²) in [4.78, 5) is 18.0. The van der Waals surface area contributed by atoms with Gasteiger partial charge in [-0.2, -0.15) is 13.2 Å². The van der Waals surface area contributed by atoms with Gasteiger partial charge in [0.25, 0.3) is 0 Å². The van der Waals surface area contributed by atoms with Crippen LogP contribution in [0.3, 0.4) is 0 Å². The maximum atomic E-state index is 13.9. The first-order chi connectivity index (χ1) is 17.6. The molecule has 6 heteroatoms. The van der Waals surface area contributed by atoms with E-state index in [2.05, 4.69) is 52.5 Å². The smallest absolute Gasteiger partial charge is 0.371 e. The van der Waals surface area contributed by atoms with Crippen molar-refractivity contribution < 1.29 is 18.0 Å². The van der Waals surface area contributed by atoms with E-state index in [9.17, 15) is 18.0 Å². The van der Waals surface area contributed by atoms with E-state index in [4.69, 9.17) is 0 Å². The fourth-order valence-corrected chi connectivity index (χ4v) is 5.66. The van der Waals surface area contributed by atoms with Crippen LogP contribution in [0.2, 0.25) is 0 Å². The lowest BCUT2D eigenvalue weighted by Gasteiger charge is -2.38. The number of hydrogen-bond donors (Lipinski definition) is 0. The van der Waals surface area contributed by atoms with Gasteiger partial charge in [-0.15, -0.1) is 0 Å². The molecule has 0 radical (unpaired) electrons. The molecule has 4 rings (SSSR count). The zero-order valence-corrected chi connectivity index (χ0v) is 23.8. The third kappa shape index (κ3) is 6.80. The molecule has 38 heavy (non-hydrogen) atoms. The maximum absolute atomic E-state index is 13.9. The number of nitrogens with zero attached hydrogens (tertiary/aromatic N) is 2. The number of anilines is 1. The van der Waals surface area contributed by atoms with E-state index in [-0.39, 0.29) is 28.6 Å². The van der Waals surface area contributed by atoms with E-state index >= 15 is 0 Å². The zero-order chi connectivity index (χ0) is 27.9. The van der Waals surface area contributed by atoms with Crippen LogP contribution in [0, 0.1) is 0 Å². The highest BCUT2D eigenvalue weighted by molar-refractivity contribution is 5.98. The van der Waals surface area contributed by atoms with Crippen LogP contribution in [-0.2, 0) is 23.4 Å². The zero-order valence-electron chi connectivity index (χ0n) is 23.8. The number of Topliss-reactive ketones (excluding diaryl/α,β-unsaturated/α-hetero) is 1. The van der Waals surface area contributed by atoms with Crippen LogP contribution in [-0.4, -0.2) is 42.9 Å². The normalized spacial score (nSPS) is 18.3. The molecule has 0 bridgehead atoms. The summed E-state index contributed by atoms with van der Waals surface area (Å²) in [6.07, 6.45) is -0.0942. The van der Waals surface area contributed by atoms with E-state index in [1.807, 2.05) is 17.0 Å². The third-order valence-electron chi connectivity index (χ3n) is 8.14. The van der Waals surface area contributed by atoms with Gasteiger partial charge in [0.1, 0.15) is 0 Å². The van der Waals surface area contributed by atoms with Gasteiger partial charge < -0.3 is 9.80 Å². The molecule has 2 aliphatic heterocycles. The lowest BCUT2D eigenvalue weighted by atomic mass is 9.79. The van der Waals surface area contributed by atoms with E-state index in [1.54, 1.807) is 6.07 Å². The van der Waals surface area contributed by atoms with Crippen LogP contribution in [0.15, 0.2) is 36.4 Å². The molecule has 2 saturated heterocycles. The summed E-state index contributed by atoms with van der Waals surface area (Å²) in [5.41, 5.74) is 2.76. The van der Waals surface area contributed by atoms with Crippen LogP contribution in [0.25, 0.3) is 0 Å². The average molecular weight is 529 g/mol. The van der Waals surface area contributed by atoms with E-state index in [1.165, 1.54) is 18.9 Å². The first-order valence-electron chi connectivity index (χ1n) is 14.0. The van der Waals surface area contributed by atoms with Crippen molar-refractivity contribution in [1.82, 2.24) is 4.90 Å². The Morgan fingerprint density at radius 3 is 1.82 bits per heavy atom. The molecule has 208 valence electrons. The summed E-state index contributed by atoms with van der Waals surface area (Å²) in [5, 5.41) is 0. The Labute approximate surface area is 226 Å². The van der Waals surface area contributed by atoms with Gasteiger partial charge in [0.2, 0.25) is 0 Å². The summed E-state index contributed by atoms with van der Waals surface area (Å²) in [7, 11) is 0. The molecule has 0 amide bonds. The van der Waals surface area contributed by atoms with Crippen LogP contribution < -0.4 is 4.90 Å². The van der Waals surface area contributed by atoms with Crippen LogP contribution >= 0.6 is 0 Å². The van der Waals surface area contributed by atoms with Crippen molar-refractivity contribution >= 4 is 11.5 Å². The summed E-state index contributed by atoms with van der Waals surface area (Å²) < 4.78 is 41.7. The van der Waals surface area contributed by atoms with Crippen molar-refractivity contribution in [2.45, 2.75) is 96.7 Å². The summed E-state index contributed by atoms with van der Waals surface area (Å²) in [6.45, 7) is 16.5. The lowest BCUT2D eigenvalue weighted by Crippen LogP contribution is -2.44. The molecule has 0 N–H and O–H groups in total. The first kappa shape index (κ1) is 28.7. The van der Waals surface area contributed by atoms with Crippen molar-refractivity contribution in [3.63, 3.8) is 0 Å². The highest BCUT2D eigenvalue weighted by Crippen LogP contribution is 2.35. The van der Waals surface area contributed by atoms with Gasteiger partial charge in [-0.05, 0) is 84.5 Å². The molecule has 0 spiro atoms. The van der Waals surface area contributed by atoms with Gasteiger partial charge in [0, 0.05) is 36.8 Å². The minimum Gasteiger partial charge on any atom is -0.371 e. The number of carbonyl (C=O) groups is 1. The van der Waals surface area contributed by atoms with Gasteiger partial charge in [0.05, 0.1) is 5.56 Å². The first-order valence-corrected chi connectivity index (χ1v) is 14.0. The van der Waals surface area contributed by atoms with Crippen molar-refractivity contribution in [3.8, 4) is 0 Å². The Morgan fingerprint density at radius 2 is 1.32 bits per heavy atom. The molecule has 0 aromatic heterocycles. The molecule has 2 fully saturated rings. The van der Waals surface area contributed by atoms with Gasteiger partial charge >= 0.3 is 6.18 Å². The Bertz CT molecular complexity index is 1110. The summed E-state index contributed by atoms with van der Waals surface area (Å²) in [6, 6.07) is 10.7. The van der Waals surface area contributed by atoms with Crippen LogP contribution in [0.1, 0.15) is 99.8 Å². The minimum atomic E-state index is -4.51. The number of alkyl halides is 3. The second-order valence-corrected chi connectivity index (χ2v) is 13.2. The van der Waals surface area contributed by atoms with Crippen molar-refractivity contribution in [2.24, 2.45) is 0 Å². The number of benzene rings is 2. The number of carbonyl (C=O) groups excluding carboxylic acids is 1. The van der Waals surface area contributed by atoms with E-state index in [0.717, 1.165) is 48.7 Å². The van der Waals surface area contributed by atoms with E-state index in [0.29, 0.717) is 24.8 Å². The monoisotopic (exact) mass is 528 g/mol. The lowest BCUT2D eigenvalue weighted by molar-refractivity contribution is -0.137. The second-order valence-electron chi connectivity index (χ2n) is 13.2. The minimum absolute atomic E-state index is 0.0742. The average Bonchev–Trinajstić information content (AvgIpc) is 3.37. The van der Waals surface area contributed by atoms with Gasteiger partial charge in [-0.25, -0.2) is 0 Å². The number of hydrogen-bond acceptors (Lipinski definition) is 3. The predicted molar refractivity (Wildman–Crippen MR) is 149 cm³/mol. The SMILES string of the molecule is CC(C)(C)c1cc(CC(=O)c2cc(N3CCC(N4CCCC4)CC3)cc(C(F)(F)F)c2)cc(C(C)(C)C)c1. The number of rotatable bonds is 5. The molecule has 2 aliphatic rings. The fraction of sp³-hybridized carbons (Fsp3) is 0.594. The summed E-state index contributed by atoms with van der Waals surface area (Å²) >= 11 is 0.